The Hall–Kier alpha value is -3.28. The number of amides is 2. The minimum atomic E-state index is -1.20. The lowest BCUT2D eigenvalue weighted by Crippen LogP contribution is -2.67. The summed E-state index contributed by atoms with van der Waals surface area (Å²) in [7, 11) is 0. The lowest BCUT2D eigenvalue weighted by molar-refractivity contribution is -0.137. The predicted octanol–water partition coefficient (Wildman–Crippen LogP) is 5.75. The Morgan fingerprint density at radius 1 is 0.935 bits per heavy atom. The molecule has 2 amide bonds. The van der Waals surface area contributed by atoms with Crippen LogP contribution in [0.15, 0.2) is 79.0 Å². The maximum absolute atomic E-state index is 13.8. The fourth-order valence-electron chi connectivity index (χ4n) is 4.15. The van der Waals surface area contributed by atoms with Gasteiger partial charge in [0.25, 0.3) is 5.91 Å². The Bertz CT molecular complexity index is 1300. The normalized spacial score (nSPS) is 18.1. The first-order valence-corrected chi connectivity index (χ1v) is 10.5. The van der Waals surface area contributed by atoms with Gasteiger partial charge in [0.1, 0.15) is 0 Å². The molecule has 7 heteroatoms. The van der Waals surface area contributed by atoms with Gasteiger partial charge in [-0.1, -0.05) is 41.4 Å². The molecule has 1 saturated heterocycles. The molecule has 4 aromatic rings. The zero-order valence-electron chi connectivity index (χ0n) is 16.2. The number of aromatic nitrogens is 1. The van der Waals surface area contributed by atoms with Crippen molar-refractivity contribution >= 4 is 57.3 Å². The van der Waals surface area contributed by atoms with Gasteiger partial charge in [-0.3, -0.25) is 14.5 Å². The van der Waals surface area contributed by atoms with Gasteiger partial charge in [0.15, 0.2) is 5.54 Å². The molecular weight excluding hydrogens is 433 g/mol. The Morgan fingerprint density at radius 2 is 1.58 bits per heavy atom. The molecule has 0 spiro atoms. The largest absolute Gasteiger partial charge is 0.361 e. The highest BCUT2D eigenvalue weighted by atomic mass is 35.5. The van der Waals surface area contributed by atoms with Gasteiger partial charge in [-0.05, 0) is 54.6 Å². The summed E-state index contributed by atoms with van der Waals surface area (Å²) in [5.41, 5.74) is 1.64. The van der Waals surface area contributed by atoms with Crippen LogP contribution in [0.3, 0.4) is 0 Å². The van der Waals surface area contributed by atoms with Gasteiger partial charge in [-0.25, -0.2) is 0 Å². The number of carbonyl (C=O) groups excluding carboxylic acids is 2. The molecular formula is C24H17Cl2N3O2. The van der Waals surface area contributed by atoms with Gasteiger partial charge in [-0.15, -0.1) is 0 Å². The molecule has 5 nitrogen and oxygen atoms in total. The van der Waals surface area contributed by atoms with Crippen molar-refractivity contribution in [2.75, 3.05) is 10.2 Å². The molecule has 2 N–H and O–H groups in total. The molecule has 1 fully saturated rings. The van der Waals surface area contributed by atoms with Crippen molar-refractivity contribution in [2.24, 2.45) is 0 Å². The van der Waals surface area contributed by atoms with Gasteiger partial charge in [0, 0.05) is 44.1 Å². The number of halogens is 2. The Balaban J connectivity index is 1.65. The molecule has 3 aromatic carbocycles. The number of hydrogen-bond donors (Lipinski definition) is 2. The van der Waals surface area contributed by atoms with Crippen LogP contribution in [-0.4, -0.2) is 16.8 Å². The van der Waals surface area contributed by atoms with Crippen LogP contribution in [0.5, 0.6) is 0 Å². The average Bonchev–Trinajstić information content (AvgIpc) is 3.19. The summed E-state index contributed by atoms with van der Waals surface area (Å²) in [6.45, 7) is 0. The maximum Gasteiger partial charge on any atom is 0.256 e. The highest BCUT2D eigenvalue weighted by Gasteiger charge is 2.59. The fraction of sp³-hybridized carbons (Fsp3) is 0.0833. The van der Waals surface area contributed by atoms with Crippen LogP contribution in [0.4, 0.5) is 11.4 Å². The standard InChI is InChI=1S/C24H17Cl2N3O2/c25-15-5-9-17(10-6-15)28-23(31)24(20-14-27-21-4-2-1-3-19(20)21)13-22(30)29(24)18-11-7-16(26)8-12-18/h1-12,14,27H,13H2,(H,28,31). The summed E-state index contributed by atoms with van der Waals surface area (Å²) in [5, 5.41) is 4.98. The number of para-hydroxylation sites is 1. The number of H-pyrrole nitrogens is 1. The minimum absolute atomic E-state index is 0.0525. The average molecular weight is 450 g/mol. The lowest BCUT2D eigenvalue weighted by atomic mass is 9.75. The number of rotatable bonds is 4. The first-order valence-electron chi connectivity index (χ1n) is 9.71. The number of anilines is 2. The van der Waals surface area contributed by atoms with E-state index in [0.717, 1.165) is 16.5 Å². The third-order valence-corrected chi connectivity index (χ3v) is 6.14. The van der Waals surface area contributed by atoms with E-state index >= 15 is 0 Å². The Kier molecular flexibility index (Phi) is 4.73. The van der Waals surface area contributed by atoms with Crippen molar-refractivity contribution in [3.8, 4) is 0 Å². The van der Waals surface area contributed by atoms with Crippen molar-refractivity contribution in [1.29, 1.82) is 0 Å². The SMILES string of the molecule is O=C1CC(C(=O)Nc2ccc(Cl)cc2)(c2c[nH]c3ccccc23)N1c1ccc(Cl)cc1. The molecule has 1 aliphatic heterocycles. The van der Waals surface area contributed by atoms with Crippen molar-refractivity contribution < 1.29 is 9.59 Å². The number of nitrogens with zero attached hydrogens (tertiary/aromatic N) is 1. The van der Waals surface area contributed by atoms with Gasteiger partial charge >= 0.3 is 0 Å². The fourth-order valence-corrected chi connectivity index (χ4v) is 4.41. The number of nitrogens with one attached hydrogen (secondary N) is 2. The maximum atomic E-state index is 13.8. The lowest BCUT2D eigenvalue weighted by Gasteiger charge is -2.50. The van der Waals surface area contributed by atoms with Gasteiger partial charge < -0.3 is 10.3 Å². The summed E-state index contributed by atoms with van der Waals surface area (Å²) in [4.78, 5) is 31.4. The van der Waals surface area contributed by atoms with E-state index in [1.807, 2.05) is 30.5 Å². The van der Waals surface area contributed by atoms with Crippen molar-refractivity contribution in [3.63, 3.8) is 0 Å². The monoisotopic (exact) mass is 449 g/mol. The highest BCUT2D eigenvalue weighted by Crippen LogP contribution is 2.48. The van der Waals surface area contributed by atoms with Crippen LogP contribution in [0.1, 0.15) is 12.0 Å². The highest BCUT2D eigenvalue weighted by molar-refractivity contribution is 6.31. The van der Waals surface area contributed by atoms with E-state index < -0.39 is 5.54 Å². The third-order valence-electron chi connectivity index (χ3n) is 5.64. The van der Waals surface area contributed by atoms with Crippen LogP contribution in [0, 0.1) is 0 Å². The van der Waals surface area contributed by atoms with Crippen LogP contribution >= 0.6 is 23.2 Å². The van der Waals surface area contributed by atoms with Crippen molar-refractivity contribution in [3.05, 3.63) is 94.6 Å². The van der Waals surface area contributed by atoms with E-state index in [4.69, 9.17) is 23.2 Å². The van der Waals surface area contributed by atoms with Crippen LogP contribution < -0.4 is 10.2 Å². The molecule has 5 rings (SSSR count). The number of hydrogen-bond acceptors (Lipinski definition) is 2. The molecule has 1 atom stereocenters. The Morgan fingerprint density at radius 3 is 2.26 bits per heavy atom. The van der Waals surface area contributed by atoms with E-state index in [0.29, 0.717) is 21.4 Å². The van der Waals surface area contributed by atoms with Crippen molar-refractivity contribution in [1.82, 2.24) is 4.98 Å². The molecule has 0 saturated carbocycles. The summed E-state index contributed by atoms with van der Waals surface area (Å²) in [5.74, 6) is -0.437. The molecule has 1 aromatic heterocycles. The van der Waals surface area contributed by atoms with Crippen LogP contribution in [0.2, 0.25) is 10.0 Å². The Labute approximate surface area is 188 Å². The smallest absolute Gasteiger partial charge is 0.256 e. The molecule has 0 radical (unpaired) electrons. The topological polar surface area (TPSA) is 65.2 Å². The second kappa shape index (κ2) is 7.45. The van der Waals surface area contributed by atoms with E-state index in [2.05, 4.69) is 10.3 Å². The van der Waals surface area contributed by atoms with Crippen molar-refractivity contribution in [2.45, 2.75) is 12.0 Å². The summed E-state index contributed by atoms with van der Waals surface area (Å²) >= 11 is 12.0. The predicted molar refractivity (Wildman–Crippen MR) is 124 cm³/mol. The first kappa shape index (κ1) is 19.7. The number of β-lactam (4-membered cyclic amide) rings is 1. The van der Waals surface area contributed by atoms with E-state index in [-0.39, 0.29) is 18.2 Å². The molecule has 2 heterocycles. The molecule has 154 valence electrons. The number of carbonyl (C=O) groups is 2. The van der Waals surface area contributed by atoms with E-state index in [1.165, 1.54) is 0 Å². The molecule has 31 heavy (non-hydrogen) atoms. The zero-order valence-corrected chi connectivity index (χ0v) is 17.7. The number of fused-ring (bicyclic) bond motifs is 1. The summed E-state index contributed by atoms with van der Waals surface area (Å²) in [6.07, 6.45) is 1.86. The summed E-state index contributed by atoms with van der Waals surface area (Å²) < 4.78 is 0. The number of benzene rings is 3. The van der Waals surface area contributed by atoms with E-state index in [1.54, 1.807) is 53.4 Å². The van der Waals surface area contributed by atoms with Gasteiger partial charge in [0.05, 0.1) is 6.42 Å². The quantitative estimate of drug-likeness (QED) is 0.389. The molecule has 1 aliphatic rings. The second-order valence-corrected chi connectivity index (χ2v) is 8.32. The van der Waals surface area contributed by atoms with Gasteiger partial charge in [0.2, 0.25) is 5.91 Å². The zero-order chi connectivity index (χ0) is 21.6. The third kappa shape index (κ3) is 3.17. The molecule has 1 unspecified atom stereocenters. The van der Waals surface area contributed by atoms with E-state index in [9.17, 15) is 9.59 Å². The second-order valence-electron chi connectivity index (χ2n) is 7.45. The van der Waals surface area contributed by atoms with Gasteiger partial charge in [-0.2, -0.15) is 0 Å². The molecule has 0 aliphatic carbocycles. The first-order chi connectivity index (χ1) is 15.0. The van der Waals surface area contributed by atoms with Crippen LogP contribution in [-0.2, 0) is 15.1 Å². The number of aromatic amines is 1. The summed E-state index contributed by atoms with van der Waals surface area (Å²) in [6, 6.07) is 21.5. The van der Waals surface area contributed by atoms with Crippen LogP contribution in [0.25, 0.3) is 10.9 Å². The molecule has 0 bridgehead atoms. The minimum Gasteiger partial charge on any atom is -0.361 e.